The van der Waals surface area contributed by atoms with Gasteiger partial charge in [-0.1, -0.05) is 12.2 Å². The molecule has 3 nitrogen and oxygen atoms in total. The first-order valence-corrected chi connectivity index (χ1v) is 4.89. The number of nitrogens with one attached hydrogen (secondary N) is 1. The Labute approximate surface area is 83.5 Å². The second-order valence-corrected chi connectivity index (χ2v) is 3.87. The van der Waals surface area contributed by atoms with Crippen molar-refractivity contribution in [3.63, 3.8) is 0 Å². The lowest BCUT2D eigenvalue weighted by molar-refractivity contribution is -0.117. The molecule has 0 aliphatic heterocycles. The smallest absolute Gasteiger partial charge is 0.231 e. The zero-order valence-corrected chi connectivity index (χ0v) is 8.26. The molecule has 1 fully saturated rings. The van der Waals surface area contributed by atoms with Crippen molar-refractivity contribution in [3.05, 3.63) is 12.2 Å². The number of allylic oxidation sites excluding steroid dienone is 1. The van der Waals surface area contributed by atoms with Gasteiger partial charge in [0.1, 0.15) is 6.17 Å². The van der Waals surface area contributed by atoms with Gasteiger partial charge >= 0.3 is 0 Å². The zero-order chi connectivity index (χ0) is 10.6. The quantitative estimate of drug-likeness (QED) is 0.658. The third-order valence-electron chi connectivity index (χ3n) is 2.57. The molecule has 0 spiro atoms. The molecule has 1 aliphatic carbocycles. The van der Waals surface area contributed by atoms with Gasteiger partial charge in [0, 0.05) is 12.5 Å². The highest BCUT2D eigenvalue weighted by molar-refractivity contribution is 5.75. The van der Waals surface area contributed by atoms with Gasteiger partial charge in [-0.25, -0.2) is 4.39 Å². The summed E-state index contributed by atoms with van der Waals surface area (Å²) in [6.07, 6.45) is 1.34. The van der Waals surface area contributed by atoms with Gasteiger partial charge in [-0.2, -0.15) is 0 Å². The minimum atomic E-state index is -0.823. The molecule has 1 aliphatic rings. The third-order valence-corrected chi connectivity index (χ3v) is 2.57. The average Bonchev–Trinajstić information content (AvgIpc) is 2.08. The number of hydrogen-bond acceptors (Lipinski definition) is 2. The Morgan fingerprint density at radius 2 is 2.43 bits per heavy atom. The molecule has 1 saturated carbocycles. The van der Waals surface area contributed by atoms with Gasteiger partial charge < -0.3 is 11.1 Å². The molecule has 0 aromatic rings. The predicted molar refractivity (Wildman–Crippen MR) is 53.4 cm³/mol. The van der Waals surface area contributed by atoms with E-state index in [4.69, 9.17) is 5.73 Å². The summed E-state index contributed by atoms with van der Waals surface area (Å²) in [5.41, 5.74) is 5.94. The third kappa shape index (κ3) is 3.46. The lowest BCUT2D eigenvalue weighted by atomic mass is 9.85. The molecule has 80 valence electrons. The van der Waals surface area contributed by atoms with Crippen LogP contribution in [0.3, 0.4) is 0 Å². The normalized spacial score (nSPS) is 27.6. The molecule has 4 heteroatoms. The van der Waals surface area contributed by atoms with Crippen molar-refractivity contribution in [1.82, 2.24) is 5.32 Å². The molecule has 0 aromatic heterocycles. The van der Waals surface area contributed by atoms with Gasteiger partial charge in [-0.05, 0) is 19.3 Å². The molecular formula is C10H17FN2O. The minimum absolute atomic E-state index is 0.000139. The van der Waals surface area contributed by atoms with E-state index >= 15 is 0 Å². The molecule has 0 radical (unpaired) electrons. The van der Waals surface area contributed by atoms with Gasteiger partial charge in [-0.3, -0.25) is 4.79 Å². The Hall–Kier alpha value is -0.900. The molecule has 3 N–H and O–H groups in total. The van der Waals surface area contributed by atoms with Crippen LogP contribution in [-0.2, 0) is 4.79 Å². The molecule has 2 atom stereocenters. The molecule has 14 heavy (non-hydrogen) atoms. The molecule has 0 saturated heterocycles. The van der Waals surface area contributed by atoms with E-state index in [1.165, 1.54) is 0 Å². The van der Waals surface area contributed by atoms with Crippen LogP contribution in [0.1, 0.15) is 19.3 Å². The maximum absolute atomic E-state index is 13.4. The fraction of sp³-hybridized carbons (Fsp3) is 0.700. The van der Waals surface area contributed by atoms with E-state index in [1.54, 1.807) is 0 Å². The lowest BCUT2D eigenvalue weighted by Gasteiger charge is -2.27. The summed E-state index contributed by atoms with van der Waals surface area (Å²) in [4.78, 5) is 10.4. The zero-order valence-electron chi connectivity index (χ0n) is 8.26. The van der Waals surface area contributed by atoms with Gasteiger partial charge in [0.05, 0.1) is 6.54 Å². The Balaban J connectivity index is 2.24. The molecule has 0 bridgehead atoms. The van der Waals surface area contributed by atoms with E-state index in [0.29, 0.717) is 13.0 Å². The monoisotopic (exact) mass is 200 g/mol. The minimum Gasteiger partial charge on any atom is -0.369 e. The topological polar surface area (TPSA) is 55.1 Å². The number of hydrogen-bond donors (Lipinski definition) is 2. The Morgan fingerprint density at radius 3 is 3.00 bits per heavy atom. The number of nitrogens with two attached hydrogens (primary N) is 1. The summed E-state index contributed by atoms with van der Waals surface area (Å²) >= 11 is 0. The maximum Gasteiger partial charge on any atom is 0.231 e. The number of carbonyl (C=O) groups is 1. The van der Waals surface area contributed by atoms with Crippen molar-refractivity contribution < 1.29 is 9.18 Å². The van der Waals surface area contributed by atoms with Gasteiger partial charge in [0.2, 0.25) is 5.91 Å². The van der Waals surface area contributed by atoms with Gasteiger partial charge in [0.25, 0.3) is 0 Å². The van der Waals surface area contributed by atoms with Crippen LogP contribution in [0, 0.1) is 5.92 Å². The first-order valence-electron chi connectivity index (χ1n) is 4.89. The van der Waals surface area contributed by atoms with Crippen LogP contribution in [0.5, 0.6) is 0 Å². The molecule has 1 rings (SSSR count). The average molecular weight is 200 g/mol. The van der Waals surface area contributed by atoms with E-state index in [9.17, 15) is 9.18 Å². The highest BCUT2D eigenvalue weighted by atomic mass is 19.1. The molecule has 0 aromatic carbocycles. The number of rotatable bonds is 4. The first-order chi connectivity index (χ1) is 6.59. The second kappa shape index (κ2) is 5.10. The Morgan fingerprint density at radius 1 is 1.71 bits per heavy atom. The summed E-state index contributed by atoms with van der Waals surface area (Å²) in [6, 6.07) is 0. The van der Waals surface area contributed by atoms with Crippen LogP contribution in [-0.4, -0.2) is 25.2 Å². The Bertz CT molecular complexity index is 230. The van der Waals surface area contributed by atoms with Gasteiger partial charge in [0.15, 0.2) is 0 Å². The van der Waals surface area contributed by atoms with Crippen molar-refractivity contribution in [2.75, 3.05) is 13.1 Å². The molecule has 2 unspecified atom stereocenters. The summed E-state index contributed by atoms with van der Waals surface area (Å²) in [5.74, 6) is -0.402. The number of alkyl halides is 1. The van der Waals surface area contributed by atoms with E-state index in [0.717, 1.165) is 18.4 Å². The highest BCUT2D eigenvalue weighted by Crippen LogP contribution is 2.29. The largest absolute Gasteiger partial charge is 0.369 e. The SMILES string of the molecule is C=C1CCC(CNCC(N)=O)C(F)C1. The van der Waals surface area contributed by atoms with Crippen molar-refractivity contribution in [3.8, 4) is 0 Å². The van der Waals surface area contributed by atoms with Crippen LogP contribution < -0.4 is 11.1 Å². The highest BCUT2D eigenvalue weighted by Gasteiger charge is 2.25. The number of carbonyl (C=O) groups excluding carboxylic acids is 1. The summed E-state index contributed by atoms with van der Waals surface area (Å²) in [6.45, 7) is 4.43. The summed E-state index contributed by atoms with van der Waals surface area (Å²) in [5, 5.41) is 2.86. The van der Waals surface area contributed by atoms with Crippen LogP contribution in [0.4, 0.5) is 4.39 Å². The number of primary amides is 1. The lowest BCUT2D eigenvalue weighted by Crippen LogP contribution is -2.36. The fourth-order valence-electron chi connectivity index (χ4n) is 1.73. The summed E-state index contributed by atoms with van der Waals surface area (Å²) in [7, 11) is 0. The molecular weight excluding hydrogens is 183 g/mol. The van der Waals surface area contributed by atoms with Crippen LogP contribution >= 0.6 is 0 Å². The van der Waals surface area contributed by atoms with E-state index in [2.05, 4.69) is 11.9 Å². The van der Waals surface area contributed by atoms with Gasteiger partial charge in [-0.15, -0.1) is 0 Å². The molecule has 0 heterocycles. The Kier molecular flexibility index (Phi) is 4.07. The number of halogens is 1. The van der Waals surface area contributed by atoms with Crippen molar-refractivity contribution in [1.29, 1.82) is 0 Å². The van der Waals surface area contributed by atoms with E-state index < -0.39 is 12.1 Å². The standard InChI is InChI=1S/C10H17FN2O/c1-7-2-3-8(9(11)4-7)5-13-6-10(12)14/h8-9,13H,1-6H2,(H2,12,14). The summed E-state index contributed by atoms with van der Waals surface area (Å²) < 4.78 is 13.4. The van der Waals surface area contributed by atoms with Crippen molar-refractivity contribution >= 4 is 5.91 Å². The predicted octanol–water partition coefficient (Wildman–Crippen LogP) is 0.756. The fourth-order valence-corrected chi connectivity index (χ4v) is 1.73. The van der Waals surface area contributed by atoms with Crippen LogP contribution in [0.2, 0.25) is 0 Å². The van der Waals surface area contributed by atoms with Crippen molar-refractivity contribution in [2.24, 2.45) is 11.7 Å². The van der Waals surface area contributed by atoms with E-state index in [-0.39, 0.29) is 12.5 Å². The van der Waals surface area contributed by atoms with Crippen molar-refractivity contribution in [2.45, 2.75) is 25.4 Å². The van der Waals surface area contributed by atoms with Crippen LogP contribution in [0.25, 0.3) is 0 Å². The van der Waals surface area contributed by atoms with Crippen LogP contribution in [0.15, 0.2) is 12.2 Å². The second-order valence-electron chi connectivity index (χ2n) is 3.87. The van der Waals surface area contributed by atoms with E-state index in [1.807, 2.05) is 0 Å². The first kappa shape index (κ1) is 11.2. The number of amides is 1. The molecule has 1 amide bonds. The maximum atomic E-state index is 13.4.